The summed E-state index contributed by atoms with van der Waals surface area (Å²) in [5.41, 5.74) is 2.77. The molecule has 11 heteroatoms. The second-order valence-corrected chi connectivity index (χ2v) is 10.2. The van der Waals surface area contributed by atoms with E-state index in [0.717, 1.165) is 15.8 Å². The maximum atomic E-state index is 14.0. The Bertz CT molecular complexity index is 1760. The molecule has 2 amide bonds. The molecule has 2 aliphatic rings. The van der Waals surface area contributed by atoms with Gasteiger partial charge in [0.2, 0.25) is 0 Å². The van der Waals surface area contributed by atoms with Gasteiger partial charge in [-0.25, -0.2) is 4.90 Å². The predicted molar refractivity (Wildman–Crippen MR) is 148 cm³/mol. The van der Waals surface area contributed by atoms with Gasteiger partial charge in [0.1, 0.15) is 0 Å². The SMILES string of the molecule is Cn1cc(C2=C(c3cn(C)c4cc([N+](=O)[O-])ccc34)C(=O)N(COC(=O)C3CCNCC3)C2=O)c2ccccc21. The zero-order valence-electron chi connectivity index (χ0n) is 22.0. The van der Waals surface area contributed by atoms with Crippen molar-refractivity contribution in [3.63, 3.8) is 0 Å². The first-order chi connectivity index (χ1) is 19.3. The van der Waals surface area contributed by atoms with Crippen molar-refractivity contribution >= 4 is 56.4 Å². The number of ether oxygens (including phenoxy) is 1. The van der Waals surface area contributed by atoms with Gasteiger partial charge in [-0.05, 0) is 38.1 Å². The number of benzene rings is 2. The summed E-state index contributed by atoms with van der Waals surface area (Å²) in [5.74, 6) is -1.86. The summed E-state index contributed by atoms with van der Waals surface area (Å²) in [5, 5.41) is 16.0. The van der Waals surface area contributed by atoms with E-state index in [2.05, 4.69) is 5.32 Å². The molecule has 0 saturated carbocycles. The van der Waals surface area contributed by atoms with Gasteiger partial charge in [0, 0.05) is 66.0 Å². The smallest absolute Gasteiger partial charge is 0.310 e. The number of piperidine rings is 1. The van der Waals surface area contributed by atoms with Crippen molar-refractivity contribution in [1.82, 2.24) is 19.4 Å². The Balaban J connectivity index is 1.47. The number of hydrogen-bond donors (Lipinski definition) is 1. The zero-order valence-corrected chi connectivity index (χ0v) is 22.0. The van der Waals surface area contributed by atoms with Crippen molar-refractivity contribution in [2.75, 3.05) is 19.8 Å². The molecule has 1 saturated heterocycles. The van der Waals surface area contributed by atoms with Crippen molar-refractivity contribution in [2.45, 2.75) is 12.8 Å². The second-order valence-electron chi connectivity index (χ2n) is 10.2. The highest BCUT2D eigenvalue weighted by atomic mass is 16.6. The fraction of sp³-hybridized carbons (Fsp3) is 0.276. The molecule has 0 radical (unpaired) electrons. The van der Waals surface area contributed by atoms with Crippen LogP contribution in [0.15, 0.2) is 54.9 Å². The van der Waals surface area contributed by atoms with E-state index >= 15 is 0 Å². The van der Waals surface area contributed by atoms with Gasteiger partial charge in [0.25, 0.3) is 17.5 Å². The van der Waals surface area contributed by atoms with Gasteiger partial charge in [-0.1, -0.05) is 18.2 Å². The first-order valence-corrected chi connectivity index (χ1v) is 13.0. The van der Waals surface area contributed by atoms with Crippen LogP contribution in [0.5, 0.6) is 0 Å². The summed E-state index contributed by atoms with van der Waals surface area (Å²) >= 11 is 0. The van der Waals surface area contributed by atoms with Crippen molar-refractivity contribution in [3.8, 4) is 0 Å². The van der Waals surface area contributed by atoms with Crippen LogP contribution in [-0.2, 0) is 33.2 Å². The Morgan fingerprint density at radius 2 is 1.55 bits per heavy atom. The summed E-state index contributed by atoms with van der Waals surface area (Å²) in [6, 6.07) is 12.0. The number of amides is 2. The summed E-state index contributed by atoms with van der Waals surface area (Å²) in [6.07, 6.45) is 4.78. The average Bonchev–Trinajstić information content (AvgIpc) is 3.55. The number of nitro groups is 1. The number of nitrogens with one attached hydrogen (secondary N) is 1. The first kappa shape index (κ1) is 25.5. The van der Waals surface area contributed by atoms with Gasteiger partial charge in [-0.15, -0.1) is 0 Å². The second kappa shape index (κ2) is 9.76. The molecule has 4 heterocycles. The van der Waals surface area contributed by atoms with Crippen LogP contribution < -0.4 is 5.32 Å². The number of hydrogen-bond acceptors (Lipinski definition) is 7. The number of nitrogens with zero attached hydrogens (tertiary/aromatic N) is 4. The van der Waals surface area contributed by atoms with Gasteiger partial charge in [-0.3, -0.25) is 24.5 Å². The van der Waals surface area contributed by atoms with Crippen molar-refractivity contribution in [3.05, 3.63) is 76.1 Å². The molecule has 0 bridgehead atoms. The van der Waals surface area contributed by atoms with E-state index in [0.29, 0.717) is 48.0 Å². The minimum absolute atomic E-state index is 0.0798. The largest absolute Gasteiger partial charge is 0.443 e. The molecule has 204 valence electrons. The number of nitro benzene ring substituents is 1. The van der Waals surface area contributed by atoms with Crippen LogP contribution in [0.25, 0.3) is 33.0 Å². The highest BCUT2D eigenvalue weighted by molar-refractivity contribution is 6.50. The van der Waals surface area contributed by atoms with Crippen LogP contribution in [0.2, 0.25) is 0 Å². The van der Waals surface area contributed by atoms with E-state index in [-0.39, 0.29) is 22.8 Å². The van der Waals surface area contributed by atoms with E-state index in [9.17, 15) is 24.5 Å². The number of rotatable bonds is 6. The number of imide groups is 1. The molecule has 1 fully saturated rings. The molecule has 0 aliphatic carbocycles. The maximum Gasteiger partial charge on any atom is 0.310 e. The monoisotopic (exact) mass is 541 g/mol. The first-order valence-electron chi connectivity index (χ1n) is 13.0. The number of para-hydroxylation sites is 1. The van der Waals surface area contributed by atoms with Gasteiger partial charge in [0.05, 0.1) is 27.5 Å². The number of carbonyl (C=O) groups excluding carboxylic acids is 3. The lowest BCUT2D eigenvalue weighted by Crippen LogP contribution is -2.38. The topological polar surface area (TPSA) is 129 Å². The van der Waals surface area contributed by atoms with Crippen molar-refractivity contribution in [1.29, 1.82) is 0 Å². The fourth-order valence-electron chi connectivity index (χ4n) is 5.72. The van der Waals surface area contributed by atoms with E-state index < -0.39 is 29.4 Å². The Kier molecular flexibility index (Phi) is 6.22. The number of aryl methyl sites for hydroxylation is 2. The highest BCUT2D eigenvalue weighted by Crippen LogP contribution is 2.42. The molecule has 6 rings (SSSR count). The lowest BCUT2D eigenvalue weighted by Gasteiger charge is -2.22. The number of aromatic nitrogens is 2. The Morgan fingerprint density at radius 1 is 0.950 bits per heavy atom. The number of fused-ring (bicyclic) bond motifs is 2. The molecular formula is C29H27N5O6. The summed E-state index contributed by atoms with van der Waals surface area (Å²) in [4.78, 5) is 52.6. The molecular weight excluding hydrogens is 514 g/mol. The van der Waals surface area contributed by atoms with E-state index in [1.54, 1.807) is 23.9 Å². The predicted octanol–water partition coefficient (Wildman–Crippen LogP) is 3.36. The van der Waals surface area contributed by atoms with E-state index in [1.807, 2.05) is 42.1 Å². The Labute approximate surface area is 228 Å². The standard InChI is InChI=1S/C29H27N5O6/c1-31-14-21(19-5-3-4-6-23(19)31)25-26(22-15-32(2)24-13-18(34(38)39)7-8-20(22)24)28(36)33(27(25)35)16-40-29(37)17-9-11-30-12-10-17/h3-8,13-15,17,30H,9-12,16H2,1-2H3. The van der Waals surface area contributed by atoms with Crippen LogP contribution in [0.4, 0.5) is 5.69 Å². The van der Waals surface area contributed by atoms with Crippen LogP contribution in [-0.4, -0.2) is 56.6 Å². The van der Waals surface area contributed by atoms with E-state index in [1.165, 1.54) is 12.1 Å². The van der Waals surface area contributed by atoms with Gasteiger partial charge < -0.3 is 19.2 Å². The lowest BCUT2D eigenvalue weighted by molar-refractivity contribution is -0.384. The third-order valence-electron chi connectivity index (χ3n) is 7.80. The van der Waals surface area contributed by atoms with Crippen LogP contribution in [0, 0.1) is 16.0 Å². The Morgan fingerprint density at radius 3 is 2.20 bits per heavy atom. The van der Waals surface area contributed by atoms with Gasteiger partial charge in [0.15, 0.2) is 6.73 Å². The molecule has 2 aliphatic heterocycles. The molecule has 1 N–H and O–H groups in total. The average molecular weight is 542 g/mol. The van der Waals surface area contributed by atoms with Crippen LogP contribution in [0.1, 0.15) is 24.0 Å². The Hall–Kier alpha value is -4.77. The number of non-ortho nitro benzene ring substituents is 1. The fourth-order valence-corrected chi connectivity index (χ4v) is 5.72. The number of carbonyl (C=O) groups is 3. The van der Waals surface area contributed by atoms with Crippen molar-refractivity contribution in [2.24, 2.45) is 20.0 Å². The zero-order chi connectivity index (χ0) is 28.1. The molecule has 0 spiro atoms. The van der Waals surface area contributed by atoms with Crippen LogP contribution in [0.3, 0.4) is 0 Å². The normalized spacial score (nSPS) is 16.5. The molecule has 2 aromatic heterocycles. The molecule has 40 heavy (non-hydrogen) atoms. The highest BCUT2D eigenvalue weighted by Gasteiger charge is 2.42. The van der Waals surface area contributed by atoms with Gasteiger partial charge in [-0.2, -0.15) is 0 Å². The molecule has 4 aromatic rings. The lowest BCUT2D eigenvalue weighted by atomic mass is 9.95. The third-order valence-corrected chi connectivity index (χ3v) is 7.80. The van der Waals surface area contributed by atoms with Crippen molar-refractivity contribution < 1.29 is 24.0 Å². The van der Waals surface area contributed by atoms with E-state index in [4.69, 9.17) is 4.74 Å². The minimum atomic E-state index is -0.586. The molecule has 0 atom stereocenters. The quantitative estimate of drug-likeness (QED) is 0.172. The van der Waals surface area contributed by atoms with Crippen LogP contribution >= 0.6 is 0 Å². The summed E-state index contributed by atoms with van der Waals surface area (Å²) in [6.45, 7) is 0.920. The molecule has 0 unspecified atom stereocenters. The third kappa shape index (κ3) is 4.06. The summed E-state index contributed by atoms with van der Waals surface area (Å²) in [7, 11) is 3.59. The van der Waals surface area contributed by atoms with Gasteiger partial charge >= 0.3 is 5.97 Å². The summed E-state index contributed by atoms with van der Waals surface area (Å²) < 4.78 is 9.09. The minimum Gasteiger partial charge on any atom is -0.443 e. The molecule has 11 nitrogen and oxygen atoms in total. The molecule has 2 aromatic carbocycles. The number of esters is 1. The maximum absolute atomic E-state index is 14.0.